The zero-order valence-electron chi connectivity index (χ0n) is 22.7. The second-order valence-corrected chi connectivity index (χ2v) is 10.8. The van der Waals surface area contributed by atoms with E-state index in [0.29, 0.717) is 25.3 Å². The van der Waals surface area contributed by atoms with Gasteiger partial charge in [-0.1, -0.05) is 18.2 Å². The fourth-order valence-corrected chi connectivity index (χ4v) is 5.80. The molecule has 11 nitrogen and oxygen atoms in total. The van der Waals surface area contributed by atoms with Gasteiger partial charge in [0.25, 0.3) is 11.8 Å². The number of hydrogen-bond acceptors (Lipinski definition) is 7. The van der Waals surface area contributed by atoms with Crippen molar-refractivity contribution in [3.05, 3.63) is 82.9 Å². The summed E-state index contributed by atoms with van der Waals surface area (Å²) in [5, 5.41) is 9.96. The molecule has 5 amide bonds. The number of benzene rings is 2. The first-order chi connectivity index (χ1) is 20.3. The van der Waals surface area contributed by atoms with E-state index in [0.717, 1.165) is 28.9 Å². The first-order valence-electron chi connectivity index (χ1n) is 13.9. The van der Waals surface area contributed by atoms with Crippen molar-refractivity contribution in [2.24, 2.45) is 0 Å². The van der Waals surface area contributed by atoms with Gasteiger partial charge in [-0.05, 0) is 49.1 Å². The number of aromatic nitrogens is 2. The third-order valence-electron chi connectivity index (χ3n) is 8.07. The molecule has 4 heterocycles. The first-order valence-corrected chi connectivity index (χ1v) is 13.9. The molecule has 0 aliphatic carbocycles. The number of hydrogen-bond donors (Lipinski definition) is 2. The summed E-state index contributed by atoms with van der Waals surface area (Å²) >= 11 is 0. The van der Waals surface area contributed by atoms with Crippen LogP contribution in [0.1, 0.15) is 63.6 Å². The van der Waals surface area contributed by atoms with Crippen molar-refractivity contribution in [2.45, 2.75) is 50.7 Å². The fraction of sp³-hybridized carbons (Fsp3) is 0.333. The predicted octanol–water partition coefficient (Wildman–Crippen LogP) is 2.44. The maximum Gasteiger partial charge on any atom is 0.264 e. The van der Waals surface area contributed by atoms with Crippen LogP contribution < -0.4 is 10.6 Å². The summed E-state index contributed by atoms with van der Waals surface area (Å²) in [6.45, 7) is 1.56. The van der Waals surface area contributed by atoms with Gasteiger partial charge in [0.2, 0.25) is 17.7 Å². The summed E-state index contributed by atoms with van der Waals surface area (Å²) in [6, 6.07) is 10.0. The third-order valence-corrected chi connectivity index (χ3v) is 8.07. The number of nitrogens with zero attached hydrogens (tertiary/aromatic N) is 4. The maximum absolute atomic E-state index is 13.3. The summed E-state index contributed by atoms with van der Waals surface area (Å²) in [7, 11) is 0. The van der Waals surface area contributed by atoms with E-state index in [1.54, 1.807) is 36.5 Å². The molecule has 1 atom stereocenters. The van der Waals surface area contributed by atoms with Crippen LogP contribution in [-0.2, 0) is 27.3 Å². The van der Waals surface area contributed by atoms with Crippen molar-refractivity contribution < 1.29 is 28.4 Å². The number of carbonyl (C=O) groups excluding carboxylic acids is 5. The van der Waals surface area contributed by atoms with Crippen molar-refractivity contribution in [1.29, 1.82) is 0 Å². The quantitative estimate of drug-likeness (QED) is 0.416. The molecule has 0 bridgehead atoms. The number of amides is 5. The van der Waals surface area contributed by atoms with Crippen LogP contribution in [0.25, 0.3) is 0 Å². The molecule has 0 radical (unpaired) electrons. The highest BCUT2D eigenvalue weighted by Crippen LogP contribution is 2.32. The zero-order chi connectivity index (χ0) is 29.4. The highest BCUT2D eigenvalue weighted by Gasteiger charge is 2.45. The molecule has 3 aromatic rings. The molecule has 1 aromatic heterocycles. The van der Waals surface area contributed by atoms with E-state index in [1.807, 2.05) is 15.8 Å². The molecule has 1 unspecified atom stereocenters. The maximum atomic E-state index is 13.3. The second-order valence-electron chi connectivity index (χ2n) is 10.8. The van der Waals surface area contributed by atoms with Crippen LogP contribution in [0.2, 0.25) is 0 Å². The van der Waals surface area contributed by atoms with E-state index in [-0.39, 0.29) is 48.2 Å². The van der Waals surface area contributed by atoms with Gasteiger partial charge in [0.1, 0.15) is 11.9 Å². The van der Waals surface area contributed by atoms with Crippen molar-refractivity contribution in [3.8, 4) is 0 Å². The summed E-state index contributed by atoms with van der Waals surface area (Å²) < 4.78 is 15.0. The predicted molar refractivity (Wildman–Crippen MR) is 148 cm³/mol. The Hall–Kier alpha value is -4.87. The van der Waals surface area contributed by atoms with E-state index in [1.165, 1.54) is 12.1 Å². The number of halogens is 1. The second kappa shape index (κ2) is 11.2. The normalized spacial score (nSPS) is 19.2. The summed E-state index contributed by atoms with van der Waals surface area (Å²) in [5.74, 6) is -2.49. The summed E-state index contributed by atoms with van der Waals surface area (Å²) in [5.41, 5.74) is 2.55. The van der Waals surface area contributed by atoms with Gasteiger partial charge in [-0.15, -0.1) is 0 Å². The van der Waals surface area contributed by atoms with Crippen LogP contribution in [0, 0.1) is 5.82 Å². The lowest BCUT2D eigenvalue weighted by Gasteiger charge is -2.32. The molecule has 3 aliphatic rings. The van der Waals surface area contributed by atoms with Crippen LogP contribution in [0.3, 0.4) is 0 Å². The Morgan fingerprint density at radius 1 is 0.976 bits per heavy atom. The Morgan fingerprint density at radius 2 is 1.74 bits per heavy atom. The molecule has 2 aromatic carbocycles. The topological polar surface area (TPSA) is 134 Å². The highest BCUT2D eigenvalue weighted by molar-refractivity contribution is 6.25. The first kappa shape index (κ1) is 27.3. The number of fused-ring (bicyclic) bond motifs is 1. The number of piperidine rings is 2. The van der Waals surface area contributed by atoms with Gasteiger partial charge in [0.05, 0.1) is 29.8 Å². The summed E-state index contributed by atoms with van der Waals surface area (Å²) in [4.78, 5) is 65.8. The molecule has 2 saturated heterocycles. The van der Waals surface area contributed by atoms with Crippen LogP contribution in [-0.4, -0.2) is 68.2 Å². The molecular weight excluding hydrogens is 543 g/mol. The average molecular weight is 573 g/mol. The van der Waals surface area contributed by atoms with Crippen molar-refractivity contribution in [2.75, 3.05) is 18.4 Å². The number of rotatable bonds is 7. The Balaban J connectivity index is 1.06. The smallest absolute Gasteiger partial charge is 0.264 e. The van der Waals surface area contributed by atoms with Crippen molar-refractivity contribution >= 4 is 35.2 Å². The number of anilines is 1. The Labute approximate surface area is 240 Å². The minimum absolute atomic E-state index is 0.0185. The minimum Gasteiger partial charge on any atom is -0.380 e. The lowest BCUT2D eigenvalue weighted by atomic mass is 10.0. The molecule has 0 saturated carbocycles. The van der Waals surface area contributed by atoms with Gasteiger partial charge >= 0.3 is 0 Å². The monoisotopic (exact) mass is 572 g/mol. The van der Waals surface area contributed by atoms with Crippen molar-refractivity contribution in [1.82, 2.24) is 24.9 Å². The van der Waals surface area contributed by atoms with Crippen molar-refractivity contribution in [3.63, 3.8) is 0 Å². The van der Waals surface area contributed by atoms with Gasteiger partial charge < -0.3 is 10.2 Å². The van der Waals surface area contributed by atoms with Crippen LogP contribution in [0.15, 0.2) is 54.9 Å². The standard InChI is InChI=1S/C30H29FN6O5/c31-20-6-4-18(5-7-20)14-26(39)35-12-10-21(11-13-35)36-17-19(16-33-36)15-32-23-3-1-2-22-27(23)30(42)37(29(22)41)24-8-9-25(38)34-28(24)40/h1-7,16-17,21,24,32H,8-15H2,(H,34,38,40). The Bertz CT molecular complexity index is 1580. The molecule has 216 valence electrons. The number of nitrogens with one attached hydrogen (secondary N) is 2. The third kappa shape index (κ3) is 5.27. The van der Waals surface area contributed by atoms with E-state index < -0.39 is 29.7 Å². The molecule has 6 rings (SSSR count). The van der Waals surface area contributed by atoms with Crippen LogP contribution >= 0.6 is 0 Å². The molecule has 12 heteroatoms. The van der Waals surface area contributed by atoms with Crippen LogP contribution in [0.4, 0.5) is 10.1 Å². The largest absolute Gasteiger partial charge is 0.380 e. The molecule has 2 N–H and O–H groups in total. The van der Waals surface area contributed by atoms with E-state index >= 15 is 0 Å². The lowest BCUT2D eigenvalue weighted by Crippen LogP contribution is -2.54. The minimum atomic E-state index is -1.02. The molecular formula is C30H29FN6O5. The van der Waals surface area contributed by atoms with E-state index in [9.17, 15) is 28.4 Å². The van der Waals surface area contributed by atoms with Gasteiger partial charge in [-0.25, -0.2) is 4.39 Å². The highest BCUT2D eigenvalue weighted by atomic mass is 19.1. The molecule has 3 aliphatic heterocycles. The Morgan fingerprint density at radius 3 is 2.48 bits per heavy atom. The fourth-order valence-electron chi connectivity index (χ4n) is 5.80. The molecule has 0 spiro atoms. The average Bonchev–Trinajstić information content (AvgIpc) is 3.56. The van der Waals surface area contributed by atoms with Gasteiger partial charge in [-0.3, -0.25) is 38.9 Å². The number of carbonyl (C=O) groups is 5. The molecule has 2 fully saturated rings. The van der Waals surface area contributed by atoms with Crippen LogP contribution in [0.5, 0.6) is 0 Å². The van der Waals surface area contributed by atoms with Gasteiger partial charge in [0.15, 0.2) is 0 Å². The Kier molecular flexibility index (Phi) is 7.27. The van der Waals surface area contributed by atoms with E-state index in [2.05, 4.69) is 15.7 Å². The van der Waals surface area contributed by atoms with Gasteiger partial charge in [-0.2, -0.15) is 5.10 Å². The SMILES string of the molecule is O=C1CCC(N2C(=O)c3cccc(NCc4cnn(C5CCN(C(=O)Cc6ccc(F)cc6)CC5)c4)c3C2=O)C(=O)N1. The van der Waals surface area contributed by atoms with E-state index in [4.69, 9.17) is 0 Å². The summed E-state index contributed by atoms with van der Waals surface area (Å²) in [6.07, 6.45) is 5.57. The molecule has 42 heavy (non-hydrogen) atoms. The zero-order valence-corrected chi connectivity index (χ0v) is 22.7. The lowest BCUT2D eigenvalue weighted by molar-refractivity contribution is -0.136. The number of likely N-dealkylation sites (tertiary alicyclic amines) is 1. The number of imide groups is 2. The van der Waals surface area contributed by atoms with Gasteiger partial charge in [0, 0.05) is 43.5 Å².